The third kappa shape index (κ3) is 1.81. The van der Waals surface area contributed by atoms with Crippen LogP contribution >= 0.6 is 11.6 Å². The monoisotopic (exact) mass is 168 g/mol. The molecule has 0 aliphatic carbocycles. The van der Waals surface area contributed by atoms with Crippen LogP contribution in [0, 0.1) is 6.92 Å². The van der Waals surface area contributed by atoms with Crippen LogP contribution < -0.4 is 0 Å². The Morgan fingerprint density at radius 2 is 2.09 bits per heavy atom. The van der Waals surface area contributed by atoms with Crippen molar-refractivity contribution in [3.63, 3.8) is 0 Å². The van der Waals surface area contributed by atoms with Gasteiger partial charge in [-0.1, -0.05) is 11.6 Å². The molecule has 0 bridgehead atoms. The zero-order valence-electron chi connectivity index (χ0n) is 6.52. The maximum absolute atomic E-state index is 10.9. The first-order chi connectivity index (χ1) is 5.11. The van der Waals surface area contributed by atoms with E-state index in [1.165, 1.54) is 0 Å². The molecule has 1 aromatic carbocycles. The standard InChI is InChI=1S/C9H9ClO/c1-6-5-8(7(2)11)3-4-9(6)10/h3-5H,1-2H3. The van der Waals surface area contributed by atoms with E-state index in [1.54, 1.807) is 25.1 Å². The zero-order chi connectivity index (χ0) is 8.43. The summed E-state index contributed by atoms with van der Waals surface area (Å²) in [5.41, 5.74) is 1.66. The lowest BCUT2D eigenvalue weighted by Crippen LogP contribution is -1.91. The molecule has 1 aromatic rings. The Kier molecular flexibility index (Phi) is 2.30. The van der Waals surface area contributed by atoms with Gasteiger partial charge in [-0.3, -0.25) is 4.79 Å². The predicted octanol–water partition coefficient (Wildman–Crippen LogP) is 2.85. The molecule has 58 valence electrons. The molecule has 0 radical (unpaired) electrons. The summed E-state index contributed by atoms with van der Waals surface area (Å²) in [6, 6.07) is 5.27. The van der Waals surface area contributed by atoms with Crippen molar-refractivity contribution >= 4 is 17.4 Å². The number of halogens is 1. The van der Waals surface area contributed by atoms with E-state index < -0.39 is 0 Å². The number of aryl methyl sites for hydroxylation is 1. The fraction of sp³-hybridized carbons (Fsp3) is 0.222. The van der Waals surface area contributed by atoms with Crippen molar-refractivity contribution < 1.29 is 4.79 Å². The van der Waals surface area contributed by atoms with Crippen LogP contribution in [0.1, 0.15) is 22.8 Å². The lowest BCUT2D eigenvalue weighted by Gasteiger charge is -1.98. The third-order valence-electron chi connectivity index (χ3n) is 1.56. The van der Waals surface area contributed by atoms with Crippen LogP contribution in [0.4, 0.5) is 0 Å². The van der Waals surface area contributed by atoms with Gasteiger partial charge in [0, 0.05) is 10.6 Å². The molecule has 0 atom stereocenters. The van der Waals surface area contributed by atoms with E-state index >= 15 is 0 Å². The van der Waals surface area contributed by atoms with Crippen molar-refractivity contribution in [1.29, 1.82) is 0 Å². The van der Waals surface area contributed by atoms with E-state index in [0.717, 1.165) is 5.56 Å². The SMILES string of the molecule is CC(=O)c1ccc(Cl)c(C)c1. The summed E-state index contributed by atoms with van der Waals surface area (Å²) in [5.74, 6) is 0.0739. The number of hydrogen-bond acceptors (Lipinski definition) is 1. The van der Waals surface area contributed by atoms with Gasteiger partial charge in [0.1, 0.15) is 0 Å². The number of Topliss-reactive ketones (excluding diaryl/α,β-unsaturated/α-hetero) is 1. The van der Waals surface area contributed by atoms with E-state index in [2.05, 4.69) is 0 Å². The average Bonchev–Trinajstić information content (AvgIpc) is 1.94. The van der Waals surface area contributed by atoms with Gasteiger partial charge < -0.3 is 0 Å². The molecule has 0 saturated carbocycles. The third-order valence-corrected chi connectivity index (χ3v) is 1.99. The highest BCUT2D eigenvalue weighted by Gasteiger charge is 2.00. The first-order valence-corrected chi connectivity index (χ1v) is 3.76. The summed E-state index contributed by atoms with van der Waals surface area (Å²) < 4.78 is 0. The summed E-state index contributed by atoms with van der Waals surface area (Å²) in [5, 5.41) is 0.704. The zero-order valence-corrected chi connectivity index (χ0v) is 7.27. The predicted molar refractivity (Wildman–Crippen MR) is 46.2 cm³/mol. The van der Waals surface area contributed by atoms with Crippen LogP contribution in [0.5, 0.6) is 0 Å². The molecule has 0 aliphatic rings. The maximum Gasteiger partial charge on any atom is 0.159 e. The van der Waals surface area contributed by atoms with Gasteiger partial charge in [-0.2, -0.15) is 0 Å². The Balaban J connectivity index is 3.15. The highest BCUT2D eigenvalue weighted by molar-refractivity contribution is 6.31. The molecule has 0 saturated heterocycles. The first-order valence-electron chi connectivity index (χ1n) is 3.38. The summed E-state index contributed by atoms with van der Waals surface area (Å²) in [6.45, 7) is 3.43. The second-order valence-electron chi connectivity index (χ2n) is 2.52. The van der Waals surface area contributed by atoms with Crippen molar-refractivity contribution in [3.8, 4) is 0 Å². The van der Waals surface area contributed by atoms with Crippen molar-refractivity contribution in [1.82, 2.24) is 0 Å². The van der Waals surface area contributed by atoms with Crippen molar-refractivity contribution in [2.24, 2.45) is 0 Å². The largest absolute Gasteiger partial charge is 0.295 e. The average molecular weight is 169 g/mol. The second kappa shape index (κ2) is 3.05. The number of rotatable bonds is 1. The molecule has 0 fully saturated rings. The minimum absolute atomic E-state index is 0.0739. The molecule has 2 heteroatoms. The Bertz CT molecular complexity index is 292. The normalized spacial score (nSPS) is 9.73. The van der Waals surface area contributed by atoms with Gasteiger partial charge in [0.2, 0.25) is 0 Å². The molecule has 0 amide bonds. The molecule has 0 heterocycles. The number of hydrogen-bond donors (Lipinski definition) is 0. The topological polar surface area (TPSA) is 17.1 Å². The van der Waals surface area contributed by atoms with Crippen molar-refractivity contribution in [2.45, 2.75) is 13.8 Å². The van der Waals surface area contributed by atoms with E-state index in [9.17, 15) is 4.79 Å². The second-order valence-corrected chi connectivity index (χ2v) is 2.93. The van der Waals surface area contributed by atoms with E-state index in [1.807, 2.05) is 6.92 Å². The lowest BCUT2D eigenvalue weighted by molar-refractivity contribution is 0.101. The van der Waals surface area contributed by atoms with Crippen LogP contribution in [0.15, 0.2) is 18.2 Å². The number of carbonyl (C=O) groups excluding carboxylic acids is 1. The van der Waals surface area contributed by atoms with Gasteiger partial charge >= 0.3 is 0 Å². The summed E-state index contributed by atoms with van der Waals surface area (Å²) in [6.07, 6.45) is 0. The Morgan fingerprint density at radius 1 is 1.45 bits per heavy atom. The Labute approximate surface area is 71.0 Å². The van der Waals surface area contributed by atoms with Crippen molar-refractivity contribution in [2.75, 3.05) is 0 Å². The first kappa shape index (κ1) is 8.28. The minimum atomic E-state index is 0.0739. The number of ketones is 1. The fourth-order valence-corrected chi connectivity index (χ4v) is 0.981. The summed E-state index contributed by atoms with van der Waals surface area (Å²) in [4.78, 5) is 10.9. The fourth-order valence-electron chi connectivity index (χ4n) is 0.864. The minimum Gasteiger partial charge on any atom is -0.295 e. The molecule has 1 nitrogen and oxygen atoms in total. The highest BCUT2D eigenvalue weighted by Crippen LogP contribution is 2.16. The van der Waals surface area contributed by atoms with Crippen LogP contribution in [-0.4, -0.2) is 5.78 Å². The molecular formula is C9H9ClO. The summed E-state index contributed by atoms with van der Waals surface area (Å²) >= 11 is 5.77. The van der Waals surface area contributed by atoms with Gasteiger partial charge in [-0.15, -0.1) is 0 Å². The summed E-state index contributed by atoms with van der Waals surface area (Å²) in [7, 11) is 0. The molecular weight excluding hydrogens is 160 g/mol. The number of benzene rings is 1. The van der Waals surface area contributed by atoms with Crippen LogP contribution in [0.2, 0.25) is 5.02 Å². The van der Waals surface area contributed by atoms with Gasteiger partial charge in [-0.25, -0.2) is 0 Å². The molecule has 0 aromatic heterocycles. The number of carbonyl (C=O) groups is 1. The van der Waals surface area contributed by atoms with Crippen LogP contribution in [-0.2, 0) is 0 Å². The van der Waals surface area contributed by atoms with Gasteiger partial charge in [0.25, 0.3) is 0 Å². The smallest absolute Gasteiger partial charge is 0.159 e. The maximum atomic E-state index is 10.9. The van der Waals surface area contributed by atoms with Gasteiger partial charge in [0.05, 0.1) is 0 Å². The van der Waals surface area contributed by atoms with Crippen molar-refractivity contribution in [3.05, 3.63) is 34.3 Å². The Morgan fingerprint density at radius 3 is 2.55 bits per heavy atom. The molecule has 1 rings (SSSR count). The van der Waals surface area contributed by atoms with E-state index in [-0.39, 0.29) is 5.78 Å². The van der Waals surface area contributed by atoms with Crippen LogP contribution in [0.3, 0.4) is 0 Å². The molecule has 0 N–H and O–H groups in total. The van der Waals surface area contributed by atoms with Gasteiger partial charge in [-0.05, 0) is 37.6 Å². The van der Waals surface area contributed by atoms with E-state index in [0.29, 0.717) is 10.6 Å². The van der Waals surface area contributed by atoms with Crippen LogP contribution in [0.25, 0.3) is 0 Å². The van der Waals surface area contributed by atoms with Gasteiger partial charge in [0.15, 0.2) is 5.78 Å². The van der Waals surface area contributed by atoms with E-state index in [4.69, 9.17) is 11.6 Å². The quantitative estimate of drug-likeness (QED) is 0.590. The molecule has 0 unspecified atom stereocenters. The molecule has 11 heavy (non-hydrogen) atoms. The molecule has 0 spiro atoms. The Hall–Kier alpha value is -0.820. The lowest BCUT2D eigenvalue weighted by atomic mass is 10.1. The molecule has 0 aliphatic heterocycles. The highest BCUT2D eigenvalue weighted by atomic mass is 35.5.